The summed E-state index contributed by atoms with van der Waals surface area (Å²) in [7, 11) is 2.18. The van der Waals surface area contributed by atoms with Crippen molar-refractivity contribution >= 4 is 32.4 Å². The van der Waals surface area contributed by atoms with E-state index in [1.807, 2.05) is 6.07 Å². The van der Waals surface area contributed by atoms with E-state index in [1.165, 1.54) is 17.0 Å². The zero-order valence-corrected chi connectivity index (χ0v) is 14.5. The molecule has 0 N–H and O–H groups in total. The summed E-state index contributed by atoms with van der Waals surface area (Å²) in [6.07, 6.45) is 2.21. The van der Waals surface area contributed by atoms with Crippen molar-refractivity contribution in [3.63, 3.8) is 0 Å². The third-order valence-electron chi connectivity index (χ3n) is 4.81. The van der Waals surface area contributed by atoms with Crippen LogP contribution >= 0.6 is 11.3 Å². The monoisotopic (exact) mass is 338 g/mol. The van der Waals surface area contributed by atoms with Gasteiger partial charge in [0.1, 0.15) is 4.70 Å². The third kappa shape index (κ3) is 2.80. The molecule has 1 radical (unpaired) electrons. The Labute approximate surface area is 146 Å². The molecule has 1 aromatic heterocycles. The molecular formula is C19H20N3OS. The first-order chi connectivity index (χ1) is 11.7. The van der Waals surface area contributed by atoms with Crippen molar-refractivity contribution in [3.05, 3.63) is 48.5 Å². The number of rotatable bonds is 3. The number of hydrogen-bond donors (Lipinski definition) is 0. The topological polar surface area (TPSA) is 39.3 Å². The van der Waals surface area contributed by atoms with Gasteiger partial charge < -0.3 is 9.80 Å². The van der Waals surface area contributed by atoms with Crippen molar-refractivity contribution in [1.29, 1.82) is 0 Å². The molecule has 5 heteroatoms. The molecule has 2 heterocycles. The van der Waals surface area contributed by atoms with Gasteiger partial charge in [-0.1, -0.05) is 35.6 Å². The molecule has 1 aliphatic heterocycles. The van der Waals surface area contributed by atoms with Crippen molar-refractivity contribution in [2.24, 2.45) is 0 Å². The van der Waals surface area contributed by atoms with Crippen LogP contribution in [-0.2, 0) is 5.11 Å². The summed E-state index contributed by atoms with van der Waals surface area (Å²) in [5, 5.41) is 12.9. The highest BCUT2D eigenvalue weighted by Gasteiger charge is 2.24. The minimum absolute atomic E-state index is 0.0787. The number of fused-ring (bicyclic) bond motifs is 1. The molecular weight excluding hydrogens is 318 g/mol. The van der Waals surface area contributed by atoms with Gasteiger partial charge in [0, 0.05) is 31.9 Å². The molecule has 4 nitrogen and oxygen atoms in total. The van der Waals surface area contributed by atoms with Crippen LogP contribution in [0.2, 0.25) is 0 Å². The van der Waals surface area contributed by atoms with Crippen LogP contribution in [0, 0.1) is 0 Å². The van der Waals surface area contributed by atoms with E-state index < -0.39 is 0 Å². The van der Waals surface area contributed by atoms with Crippen LogP contribution in [0.1, 0.15) is 12.8 Å². The summed E-state index contributed by atoms with van der Waals surface area (Å²) in [6, 6.07) is 16.4. The molecule has 4 rings (SSSR count). The fourth-order valence-electron chi connectivity index (χ4n) is 3.37. The summed E-state index contributed by atoms with van der Waals surface area (Å²) in [6.45, 7) is 1.96. The van der Waals surface area contributed by atoms with Gasteiger partial charge in [-0.2, -0.15) is 0 Å². The van der Waals surface area contributed by atoms with E-state index in [4.69, 9.17) is 0 Å². The van der Waals surface area contributed by atoms with Crippen LogP contribution in [0.5, 0.6) is 5.75 Å². The maximum atomic E-state index is 11.9. The molecule has 0 spiro atoms. The number of anilines is 2. The van der Waals surface area contributed by atoms with Crippen molar-refractivity contribution in [3.8, 4) is 5.75 Å². The molecule has 0 atom stereocenters. The first-order valence-corrected chi connectivity index (χ1v) is 9.13. The summed E-state index contributed by atoms with van der Waals surface area (Å²) >= 11 is 1.53. The average molecular weight is 338 g/mol. The van der Waals surface area contributed by atoms with Gasteiger partial charge in [-0.3, -0.25) is 5.11 Å². The highest BCUT2D eigenvalue weighted by molar-refractivity contribution is 7.22. The molecule has 1 saturated heterocycles. The predicted molar refractivity (Wildman–Crippen MR) is 99.8 cm³/mol. The Bertz CT molecular complexity index is 825. The Hall–Kier alpha value is -2.27. The standard InChI is InChI=1S/C19H20N3OS/c1-21(14-6-3-2-4-7-14)15-10-12-22(13-11-15)19-20-16-8-5-9-17(23)18(16)24-19/h2-9,15H,10-13H2,1H3. The highest BCUT2D eigenvalue weighted by atomic mass is 32.1. The summed E-state index contributed by atoms with van der Waals surface area (Å²) in [5.41, 5.74) is 2.10. The van der Waals surface area contributed by atoms with Gasteiger partial charge in [0.05, 0.1) is 5.52 Å². The number of thiazole rings is 1. The molecule has 24 heavy (non-hydrogen) atoms. The third-order valence-corrected chi connectivity index (χ3v) is 5.96. The second-order valence-electron chi connectivity index (χ2n) is 6.27. The van der Waals surface area contributed by atoms with Crippen LogP contribution in [0.15, 0.2) is 48.5 Å². The van der Waals surface area contributed by atoms with E-state index in [2.05, 4.69) is 52.2 Å². The lowest BCUT2D eigenvalue weighted by Crippen LogP contribution is -2.43. The first-order valence-electron chi connectivity index (χ1n) is 8.32. The molecule has 1 aliphatic rings. The fourth-order valence-corrected chi connectivity index (χ4v) is 4.39. The number of hydrogen-bond acceptors (Lipinski definition) is 4. The van der Waals surface area contributed by atoms with Crippen molar-refractivity contribution in [2.75, 3.05) is 29.9 Å². The smallest absolute Gasteiger partial charge is 0.198 e. The number of benzene rings is 2. The SMILES string of the molecule is CN(c1ccccc1)C1CCN(c2nc3cccc([O])c3s2)CC1. The van der Waals surface area contributed by atoms with E-state index >= 15 is 0 Å². The molecule has 2 aromatic carbocycles. The second-order valence-corrected chi connectivity index (χ2v) is 7.24. The van der Waals surface area contributed by atoms with Crippen LogP contribution in [0.3, 0.4) is 0 Å². The molecule has 0 amide bonds. The van der Waals surface area contributed by atoms with Gasteiger partial charge in [-0.25, -0.2) is 4.98 Å². The lowest BCUT2D eigenvalue weighted by atomic mass is 10.0. The van der Waals surface area contributed by atoms with E-state index in [-0.39, 0.29) is 5.75 Å². The van der Waals surface area contributed by atoms with Crippen molar-refractivity contribution < 1.29 is 5.11 Å². The molecule has 0 saturated carbocycles. The molecule has 123 valence electrons. The lowest BCUT2D eigenvalue weighted by molar-refractivity contribution is 0.361. The minimum Gasteiger partial charge on any atom is -0.371 e. The van der Waals surface area contributed by atoms with Crippen LogP contribution in [0.25, 0.3) is 10.2 Å². The Kier molecular flexibility index (Phi) is 4.02. The van der Waals surface area contributed by atoms with Gasteiger partial charge >= 0.3 is 0 Å². The molecule has 3 aromatic rings. The van der Waals surface area contributed by atoms with Gasteiger partial charge in [0.25, 0.3) is 0 Å². The van der Waals surface area contributed by atoms with E-state index in [9.17, 15) is 5.11 Å². The Morgan fingerprint density at radius 3 is 2.54 bits per heavy atom. The molecule has 1 fully saturated rings. The maximum Gasteiger partial charge on any atom is 0.198 e. The van der Waals surface area contributed by atoms with Crippen LogP contribution in [-0.4, -0.2) is 31.2 Å². The number of piperidine rings is 1. The number of aromatic nitrogens is 1. The zero-order valence-electron chi connectivity index (χ0n) is 13.7. The van der Waals surface area contributed by atoms with Crippen molar-refractivity contribution in [2.45, 2.75) is 18.9 Å². The number of nitrogens with zero attached hydrogens (tertiary/aromatic N) is 3. The van der Waals surface area contributed by atoms with Gasteiger partial charge in [0.2, 0.25) is 0 Å². The Morgan fingerprint density at radius 1 is 1.08 bits per heavy atom. The first kappa shape index (κ1) is 15.3. The van der Waals surface area contributed by atoms with Crippen LogP contribution in [0.4, 0.5) is 10.8 Å². The minimum atomic E-state index is 0.0787. The molecule has 0 aliphatic carbocycles. The summed E-state index contributed by atoms with van der Waals surface area (Å²) in [4.78, 5) is 9.36. The predicted octanol–water partition coefficient (Wildman–Crippen LogP) is 4.55. The summed E-state index contributed by atoms with van der Waals surface area (Å²) in [5.74, 6) is 0.0787. The summed E-state index contributed by atoms with van der Waals surface area (Å²) < 4.78 is 0.774. The fraction of sp³-hybridized carbons (Fsp3) is 0.316. The molecule has 0 bridgehead atoms. The van der Waals surface area contributed by atoms with E-state index in [1.54, 1.807) is 12.1 Å². The van der Waals surface area contributed by atoms with E-state index in [0.717, 1.165) is 41.3 Å². The molecule has 0 unspecified atom stereocenters. The second kappa shape index (κ2) is 6.32. The van der Waals surface area contributed by atoms with Gasteiger partial charge in [-0.05, 0) is 37.1 Å². The number of para-hydroxylation sites is 1. The Balaban J connectivity index is 1.46. The van der Waals surface area contributed by atoms with Gasteiger partial charge in [-0.15, -0.1) is 0 Å². The normalized spacial score (nSPS) is 15.8. The lowest BCUT2D eigenvalue weighted by Gasteiger charge is -2.37. The Morgan fingerprint density at radius 2 is 1.83 bits per heavy atom. The zero-order chi connectivity index (χ0) is 16.5. The quantitative estimate of drug-likeness (QED) is 0.703. The highest BCUT2D eigenvalue weighted by Crippen LogP contribution is 2.36. The van der Waals surface area contributed by atoms with Gasteiger partial charge in [0.15, 0.2) is 10.9 Å². The average Bonchev–Trinajstić information content (AvgIpc) is 3.08. The van der Waals surface area contributed by atoms with E-state index in [0.29, 0.717) is 6.04 Å². The van der Waals surface area contributed by atoms with Crippen LogP contribution < -0.4 is 9.80 Å². The van der Waals surface area contributed by atoms with Crippen molar-refractivity contribution in [1.82, 2.24) is 4.98 Å². The largest absolute Gasteiger partial charge is 0.371 e. The maximum absolute atomic E-state index is 11.9.